The van der Waals surface area contributed by atoms with E-state index in [0.29, 0.717) is 23.7 Å². The quantitative estimate of drug-likeness (QED) is 0.700. The highest BCUT2D eigenvalue weighted by atomic mass is 35.5. The summed E-state index contributed by atoms with van der Waals surface area (Å²) in [7, 11) is 0. The molecule has 2 aromatic rings. The number of carbonyl (C=O) groups excluding carboxylic acids is 1. The van der Waals surface area contributed by atoms with Crippen molar-refractivity contribution in [3.63, 3.8) is 0 Å². The SMILES string of the molecule is CCNCCNC(=O)c1csc(-c2cccc(C(F)(F)F)c2)n1.Cl.Cl. The maximum atomic E-state index is 12.7. The molecule has 140 valence electrons. The summed E-state index contributed by atoms with van der Waals surface area (Å²) >= 11 is 1.14. The van der Waals surface area contributed by atoms with Crippen LogP contribution in [0, 0.1) is 0 Å². The minimum Gasteiger partial charge on any atom is -0.349 e. The number of thiazole rings is 1. The maximum Gasteiger partial charge on any atom is 0.416 e. The van der Waals surface area contributed by atoms with Gasteiger partial charge < -0.3 is 10.6 Å². The maximum absolute atomic E-state index is 12.7. The summed E-state index contributed by atoms with van der Waals surface area (Å²) in [5, 5.41) is 7.69. The molecule has 1 aromatic carbocycles. The van der Waals surface area contributed by atoms with Crippen LogP contribution in [-0.4, -0.2) is 30.5 Å². The first-order valence-corrected chi connectivity index (χ1v) is 7.92. The van der Waals surface area contributed by atoms with E-state index in [1.807, 2.05) is 6.92 Å². The Balaban J connectivity index is 0.00000288. The third-order valence-electron chi connectivity index (χ3n) is 3.01. The summed E-state index contributed by atoms with van der Waals surface area (Å²) in [5.74, 6) is -0.336. The fourth-order valence-electron chi connectivity index (χ4n) is 1.87. The van der Waals surface area contributed by atoms with E-state index in [0.717, 1.165) is 30.0 Å². The van der Waals surface area contributed by atoms with Crippen LogP contribution in [0.4, 0.5) is 13.2 Å². The third-order valence-corrected chi connectivity index (χ3v) is 3.90. The Hall–Kier alpha value is -1.35. The number of halogens is 5. The minimum absolute atomic E-state index is 0. The van der Waals surface area contributed by atoms with Crippen LogP contribution in [0.2, 0.25) is 0 Å². The highest BCUT2D eigenvalue weighted by Gasteiger charge is 2.30. The fraction of sp³-hybridized carbons (Fsp3) is 0.333. The number of aromatic nitrogens is 1. The van der Waals surface area contributed by atoms with Crippen molar-refractivity contribution in [2.24, 2.45) is 0 Å². The molecule has 0 saturated heterocycles. The predicted octanol–water partition coefficient (Wildman–Crippen LogP) is 4.01. The number of hydrogen-bond donors (Lipinski definition) is 2. The zero-order valence-corrected chi connectivity index (χ0v) is 15.7. The second-order valence-corrected chi connectivity index (χ2v) is 5.58. The van der Waals surface area contributed by atoms with Gasteiger partial charge in [0.1, 0.15) is 10.7 Å². The van der Waals surface area contributed by atoms with Crippen molar-refractivity contribution in [2.45, 2.75) is 13.1 Å². The number of rotatable bonds is 6. The van der Waals surface area contributed by atoms with E-state index in [9.17, 15) is 18.0 Å². The van der Waals surface area contributed by atoms with Crippen LogP contribution < -0.4 is 10.6 Å². The lowest BCUT2D eigenvalue weighted by molar-refractivity contribution is -0.137. The summed E-state index contributed by atoms with van der Waals surface area (Å²) in [6.07, 6.45) is -4.40. The van der Waals surface area contributed by atoms with Crippen molar-refractivity contribution in [3.05, 3.63) is 40.9 Å². The Bertz CT molecular complexity index is 680. The molecular weight excluding hydrogens is 398 g/mol. The predicted molar refractivity (Wildman–Crippen MR) is 97.9 cm³/mol. The van der Waals surface area contributed by atoms with Crippen molar-refractivity contribution in [1.82, 2.24) is 15.6 Å². The van der Waals surface area contributed by atoms with Crippen LogP contribution in [0.3, 0.4) is 0 Å². The summed E-state index contributed by atoms with van der Waals surface area (Å²) in [5.41, 5.74) is -0.183. The highest BCUT2D eigenvalue weighted by Crippen LogP contribution is 2.33. The van der Waals surface area contributed by atoms with E-state index < -0.39 is 11.7 Å². The lowest BCUT2D eigenvalue weighted by Crippen LogP contribution is -2.31. The Labute approximate surface area is 160 Å². The molecule has 0 aliphatic rings. The summed E-state index contributed by atoms with van der Waals surface area (Å²) in [6, 6.07) is 4.91. The zero-order valence-electron chi connectivity index (χ0n) is 13.2. The monoisotopic (exact) mass is 415 g/mol. The number of amides is 1. The first kappa shape index (κ1) is 23.6. The largest absolute Gasteiger partial charge is 0.416 e. The molecule has 0 spiro atoms. The molecule has 0 fully saturated rings. The number of benzene rings is 1. The van der Waals surface area contributed by atoms with Crippen molar-refractivity contribution in [3.8, 4) is 10.6 Å². The van der Waals surface area contributed by atoms with Gasteiger partial charge >= 0.3 is 6.18 Å². The number of carbonyl (C=O) groups is 1. The molecule has 1 heterocycles. The fourth-order valence-corrected chi connectivity index (χ4v) is 2.67. The van der Waals surface area contributed by atoms with Gasteiger partial charge in [-0.3, -0.25) is 4.79 Å². The van der Waals surface area contributed by atoms with Gasteiger partial charge in [0.2, 0.25) is 0 Å². The number of nitrogens with one attached hydrogen (secondary N) is 2. The second kappa shape index (κ2) is 10.6. The molecule has 0 atom stereocenters. The number of alkyl halides is 3. The standard InChI is InChI=1S/C15H16F3N3OS.2ClH/c1-2-19-6-7-20-13(22)12-9-23-14(21-12)10-4-3-5-11(8-10)15(16,17)18;;/h3-5,8-9,19H,2,6-7H2,1H3,(H,20,22);2*1H. The molecular formula is C15H18Cl2F3N3OS. The minimum atomic E-state index is -4.40. The molecule has 2 N–H and O–H groups in total. The van der Waals surface area contributed by atoms with E-state index in [4.69, 9.17) is 0 Å². The van der Waals surface area contributed by atoms with E-state index >= 15 is 0 Å². The summed E-state index contributed by atoms with van der Waals surface area (Å²) in [6.45, 7) is 3.88. The van der Waals surface area contributed by atoms with Gasteiger partial charge in [0.15, 0.2) is 0 Å². The van der Waals surface area contributed by atoms with Crippen LogP contribution in [0.15, 0.2) is 29.6 Å². The van der Waals surface area contributed by atoms with Crippen LogP contribution in [0.5, 0.6) is 0 Å². The Kier molecular flexibility index (Phi) is 10.0. The van der Waals surface area contributed by atoms with Gasteiger partial charge in [-0.2, -0.15) is 13.2 Å². The Morgan fingerprint density at radius 2 is 1.96 bits per heavy atom. The first-order chi connectivity index (χ1) is 10.9. The molecule has 10 heteroatoms. The molecule has 0 aliphatic heterocycles. The van der Waals surface area contributed by atoms with Crippen molar-refractivity contribution in [2.75, 3.05) is 19.6 Å². The lowest BCUT2D eigenvalue weighted by Gasteiger charge is -2.07. The first-order valence-electron chi connectivity index (χ1n) is 7.04. The topological polar surface area (TPSA) is 54.0 Å². The molecule has 4 nitrogen and oxygen atoms in total. The van der Waals surface area contributed by atoms with E-state index in [2.05, 4.69) is 15.6 Å². The van der Waals surface area contributed by atoms with Gasteiger partial charge in [-0.05, 0) is 18.7 Å². The van der Waals surface area contributed by atoms with Gasteiger partial charge in [0, 0.05) is 24.0 Å². The number of hydrogen-bond acceptors (Lipinski definition) is 4. The van der Waals surface area contributed by atoms with Gasteiger partial charge in [-0.25, -0.2) is 4.98 Å². The van der Waals surface area contributed by atoms with E-state index in [-0.39, 0.29) is 36.4 Å². The average molecular weight is 416 g/mol. The van der Waals surface area contributed by atoms with Crippen LogP contribution >= 0.6 is 36.2 Å². The van der Waals surface area contributed by atoms with Crippen LogP contribution in [0.1, 0.15) is 23.0 Å². The van der Waals surface area contributed by atoms with Crippen LogP contribution in [-0.2, 0) is 6.18 Å². The highest BCUT2D eigenvalue weighted by molar-refractivity contribution is 7.13. The van der Waals surface area contributed by atoms with Crippen molar-refractivity contribution in [1.29, 1.82) is 0 Å². The second-order valence-electron chi connectivity index (χ2n) is 4.73. The number of nitrogens with zero attached hydrogens (tertiary/aromatic N) is 1. The van der Waals surface area contributed by atoms with Gasteiger partial charge in [-0.15, -0.1) is 36.2 Å². The summed E-state index contributed by atoms with van der Waals surface area (Å²) in [4.78, 5) is 16.0. The molecule has 1 amide bonds. The Morgan fingerprint density at radius 3 is 2.60 bits per heavy atom. The smallest absolute Gasteiger partial charge is 0.349 e. The molecule has 0 radical (unpaired) electrons. The summed E-state index contributed by atoms with van der Waals surface area (Å²) < 4.78 is 38.2. The lowest BCUT2D eigenvalue weighted by atomic mass is 10.1. The third kappa shape index (κ3) is 6.81. The Morgan fingerprint density at radius 1 is 1.24 bits per heavy atom. The van der Waals surface area contributed by atoms with Gasteiger partial charge in [-0.1, -0.05) is 19.1 Å². The van der Waals surface area contributed by atoms with Gasteiger partial charge in [0.25, 0.3) is 5.91 Å². The zero-order chi connectivity index (χ0) is 16.9. The molecule has 0 aliphatic carbocycles. The van der Waals surface area contributed by atoms with E-state index in [1.54, 1.807) is 6.07 Å². The molecule has 0 unspecified atom stereocenters. The molecule has 1 aromatic heterocycles. The number of likely N-dealkylation sites (N-methyl/N-ethyl adjacent to an activating group) is 1. The van der Waals surface area contributed by atoms with Crippen molar-refractivity contribution < 1.29 is 18.0 Å². The molecule has 0 saturated carbocycles. The molecule has 0 bridgehead atoms. The molecule has 2 rings (SSSR count). The molecule has 25 heavy (non-hydrogen) atoms. The average Bonchev–Trinajstić information content (AvgIpc) is 3.01. The van der Waals surface area contributed by atoms with Crippen molar-refractivity contribution >= 4 is 42.1 Å². The normalized spacial score (nSPS) is 10.6. The van der Waals surface area contributed by atoms with E-state index in [1.165, 1.54) is 11.4 Å². The van der Waals surface area contributed by atoms with Gasteiger partial charge in [0.05, 0.1) is 5.56 Å². The van der Waals surface area contributed by atoms with Crippen LogP contribution in [0.25, 0.3) is 10.6 Å².